The third-order valence-corrected chi connectivity index (χ3v) is 5.83. The van der Waals surface area contributed by atoms with Crippen molar-refractivity contribution in [2.24, 2.45) is 0 Å². The largest absolute Gasteiger partial charge is 0.316 e. The molecule has 0 bridgehead atoms. The molecule has 1 amide bonds. The summed E-state index contributed by atoms with van der Waals surface area (Å²) in [6.45, 7) is 2.16. The molecule has 1 aromatic heterocycles. The van der Waals surface area contributed by atoms with E-state index in [0.717, 1.165) is 29.7 Å². The van der Waals surface area contributed by atoms with Crippen LogP contribution in [0.1, 0.15) is 46.1 Å². The molecule has 0 aliphatic carbocycles. The molecule has 2 aliphatic rings. The standard InChI is InChI=1S/C23H20N2O/c1-16-13-14-17-8-5-6-12-20(17)23(18-9-3-2-4-10-18)21-19(11-7-15-24-21)22(26)25(16)23/h2-12,15-16H,13-14H2,1H3/t16-,23+/m1/s1. The molecule has 0 saturated carbocycles. The molecule has 26 heavy (non-hydrogen) atoms. The lowest BCUT2D eigenvalue weighted by atomic mass is 9.77. The van der Waals surface area contributed by atoms with Gasteiger partial charge in [0.1, 0.15) is 5.54 Å². The second kappa shape index (κ2) is 5.53. The third kappa shape index (κ3) is 1.83. The second-order valence-electron chi connectivity index (χ2n) is 7.20. The Hall–Kier alpha value is -2.94. The zero-order chi connectivity index (χ0) is 17.7. The van der Waals surface area contributed by atoms with Gasteiger partial charge in [-0.25, -0.2) is 0 Å². The van der Waals surface area contributed by atoms with Crippen LogP contribution in [0.4, 0.5) is 0 Å². The van der Waals surface area contributed by atoms with Gasteiger partial charge in [0, 0.05) is 12.2 Å². The Bertz CT molecular complexity index is 998. The Morgan fingerprint density at radius 1 is 1.00 bits per heavy atom. The summed E-state index contributed by atoms with van der Waals surface area (Å²) in [4.78, 5) is 20.3. The molecule has 0 radical (unpaired) electrons. The number of fused-ring (bicyclic) bond motifs is 5. The van der Waals surface area contributed by atoms with Crippen LogP contribution < -0.4 is 0 Å². The topological polar surface area (TPSA) is 33.2 Å². The molecule has 0 N–H and O–H groups in total. The fourth-order valence-corrected chi connectivity index (χ4v) is 4.75. The average molecular weight is 340 g/mol. The van der Waals surface area contributed by atoms with Crippen molar-refractivity contribution < 1.29 is 4.79 Å². The molecular formula is C23H20N2O. The van der Waals surface area contributed by atoms with Crippen molar-refractivity contribution in [2.45, 2.75) is 31.3 Å². The number of aryl methyl sites for hydroxylation is 1. The van der Waals surface area contributed by atoms with Crippen LogP contribution >= 0.6 is 0 Å². The van der Waals surface area contributed by atoms with E-state index in [0.29, 0.717) is 0 Å². The molecule has 2 atom stereocenters. The highest BCUT2D eigenvalue weighted by Crippen LogP contribution is 2.51. The molecule has 0 spiro atoms. The van der Waals surface area contributed by atoms with Gasteiger partial charge in [0.15, 0.2) is 0 Å². The van der Waals surface area contributed by atoms with Gasteiger partial charge in [0.05, 0.1) is 11.3 Å². The maximum Gasteiger partial charge on any atom is 0.257 e. The molecule has 0 unspecified atom stereocenters. The normalized spacial score (nSPS) is 23.8. The number of carbonyl (C=O) groups is 1. The lowest BCUT2D eigenvalue weighted by molar-refractivity contribution is 0.0578. The SMILES string of the molecule is C[C@@H]1CCc2ccccc2[C@@]2(c3ccccc3)c3ncccc3C(=O)N12. The highest BCUT2D eigenvalue weighted by Gasteiger charge is 2.56. The minimum atomic E-state index is -0.651. The first-order chi connectivity index (χ1) is 12.7. The number of nitrogens with zero attached hydrogens (tertiary/aromatic N) is 2. The van der Waals surface area contributed by atoms with E-state index in [1.54, 1.807) is 6.20 Å². The highest BCUT2D eigenvalue weighted by molar-refractivity contribution is 6.01. The zero-order valence-corrected chi connectivity index (χ0v) is 14.7. The Morgan fingerprint density at radius 2 is 1.77 bits per heavy atom. The van der Waals surface area contributed by atoms with Crippen molar-refractivity contribution in [2.75, 3.05) is 0 Å². The average Bonchev–Trinajstić information content (AvgIpc) is 2.88. The van der Waals surface area contributed by atoms with Gasteiger partial charge in [0.2, 0.25) is 0 Å². The summed E-state index contributed by atoms with van der Waals surface area (Å²) in [6, 6.07) is 22.8. The van der Waals surface area contributed by atoms with Crippen LogP contribution in [-0.4, -0.2) is 21.8 Å². The van der Waals surface area contributed by atoms with Crippen LogP contribution in [-0.2, 0) is 12.0 Å². The van der Waals surface area contributed by atoms with Crippen LogP contribution in [0.15, 0.2) is 72.9 Å². The van der Waals surface area contributed by atoms with E-state index >= 15 is 0 Å². The first-order valence-electron chi connectivity index (χ1n) is 9.17. The maximum atomic E-state index is 13.5. The van der Waals surface area contributed by atoms with Crippen LogP contribution in [0.25, 0.3) is 0 Å². The molecule has 3 heteroatoms. The summed E-state index contributed by atoms with van der Waals surface area (Å²) in [5.41, 5.74) is 4.52. The van der Waals surface area contributed by atoms with Gasteiger partial charge < -0.3 is 4.90 Å². The predicted molar refractivity (Wildman–Crippen MR) is 101 cm³/mol. The van der Waals surface area contributed by atoms with E-state index in [-0.39, 0.29) is 11.9 Å². The van der Waals surface area contributed by atoms with Crippen molar-refractivity contribution in [3.05, 3.63) is 101 Å². The molecule has 3 heterocycles. The summed E-state index contributed by atoms with van der Waals surface area (Å²) in [5, 5.41) is 0. The van der Waals surface area contributed by atoms with E-state index in [4.69, 9.17) is 4.98 Å². The smallest absolute Gasteiger partial charge is 0.257 e. The van der Waals surface area contributed by atoms with Crippen molar-refractivity contribution in [1.29, 1.82) is 0 Å². The van der Waals surface area contributed by atoms with Crippen molar-refractivity contribution >= 4 is 5.91 Å². The number of pyridine rings is 1. The van der Waals surface area contributed by atoms with Crippen molar-refractivity contribution in [1.82, 2.24) is 9.88 Å². The summed E-state index contributed by atoms with van der Waals surface area (Å²) < 4.78 is 0. The summed E-state index contributed by atoms with van der Waals surface area (Å²) in [6.07, 6.45) is 3.72. The molecule has 5 rings (SSSR count). The molecular weight excluding hydrogens is 320 g/mol. The van der Waals surface area contributed by atoms with E-state index in [2.05, 4.69) is 48.2 Å². The van der Waals surface area contributed by atoms with Crippen LogP contribution in [0, 0.1) is 0 Å². The first-order valence-corrected chi connectivity index (χ1v) is 9.17. The summed E-state index contributed by atoms with van der Waals surface area (Å²) >= 11 is 0. The number of rotatable bonds is 1. The lowest BCUT2D eigenvalue weighted by Gasteiger charge is -2.42. The Labute approximate surface area is 153 Å². The minimum absolute atomic E-state index is 0.0844. The van der Waals surface area contributed by atoms with Gasteiger partial charge >= 0.3 is 0 Å². The van der Waals surface area contributed by atoms with E-state index in [1.165, 1.54) is 11.1 Å². The molecule has 0 fully saturated rings. The molecule has 128 valence electrons. The predicted octanol–water partition coefficient (Wildman–Crippen LogP) is 4.16. The summed E-state index contributed by atoms with van der Waals surface area (Å²) in [5.74, 6) is 0.0844. The lowest BCUT2D eigenvalue weighted by Crippen LogP contribution is -2.49. The quantitative estimate of drug-likeness (QED) is 0.666. The van der Waals surface area contributed by atoms with Gasteiger partial charge in [-0.3, -0.25) is 9.78 Å². The first kappa shape index (κ1) is 15.3. The fraction of sp³-hybridized carbons (Fsp3) is 0.217. The molecule has 3 nitrogen and oxygen atoms in total. The minimum Gasteiger partial charge on any atom is -0.316 e. The number of aromatic nitrogens is 1. The van der Waals surface area contributed by atoms with Crippen LogP contribution in [0.3, 0.4) is 0 Å². The number of hydrogen-bond donors (Lipinski definition) is 0. The van der Waals surface area contributed by atoms with Gasteiger partial charge in [-0.1, -0.05) is 54.6 Å². The monoisotopic (exact) mass is 340 g/mol. The Morgan fingerprint density at radius 3 is 2.62 bits per heavy atom. The van der Waals surface area contributed by atoms with Crippen LogP contribution in [0.2, 0.25) is 0 Å². The Balaban J connectivity index is 1.96. The third-order valence-electron chi connectivity index (χ3n) is 5.83. The molecule has 3 aromatic rings. The number of amides is 1. The van der Waals surface area contributed by atoms with E-state index < -0.39 is 5.54 Å². The van der Waals surface area contributed by atoms with Crippen LogP contribution in [0.5, 0.6) is 0 Å². The van der Waals surface area contributed by atoms with Crippen molar-refractivity contribution in [3.8, 4) is 0 Å². The van der Waals surface area contributed by atoms with Gasteiger partial charge in [0.25, 0.3) is 5.91 Å². The van der Waals surface area contributed by atoms with E-state index in [1.807, 2.05) is 30.3 Å². The van der Waals surface area contributed by atoms with Gasteiger partial charge in [-0.2, -0.15) is 0 Å². The zero-order valence-electron chi connectivity index (χ0n) is 14.7. The van der Waals surface area contributed by atoms with Gasteiger partial charge in [-0.05, 0) is 48.6 Å². The maximum absolute atomic E-state index is 13.5. The number of carbonyl (C=O) groups excluding carboxylic acids is 1. The molecule has 0 saturated heterocycles. The summed E-state index contributed by atoms with van der Waals surface area (Å²) in [7, 11) is 0. The highest BCUT2D eigenvalue weighted by atomic mass is 16.2. The van der Waals surface area contributed by atoms with E-state index in [9.17, 15) is 4.79 Å². The molecule has 2 aromatic carbocycles. The van der Waals surface area contributed by atoms with Gasteiger partial charge in [-0.15, -0.1) is 0 Å². The second-order valence-corrected chi connectivity index (χ2v) is 7.20. The fourth-order valence-electron chi connectivity index (χ4n) is 4.75. The van der Waals surface area contributed by atoms with Crippen molar-refractivity contribution in [3.63, 3.8) is 0 Å². The number of hydrogen-bond acceptors (Lipinski definition) is 2. The molecule has 2 aliphatic heterocycles. The Kier molecular flexibility index (Phi) is 3.26. The number of benzene rings is 2.